The topological polar surface area (TPSA) is 102 Å². The Balaban J connectivity index is 1.68. The molecule has 1 atom stereocenters. The highest BCUT2D eigenvalue weighted by atomic mass is 16.5. The molecule has 0 spiro atoms. The highest BCUT2D eigenvalue weighted by Gasteiger charge is 2.44. The van der Waals surface area contributed by atoms with Gasteiger partial charge in [0.15, 0.2) is 0 Å². The number of hydrogen-bond acceptors (Lipinski definition) is 6. The van der Waals surface area contributed by atoms with Crippen molar-refractivity contribution in [2.45, 2.75) is 30.6 Å². The van der Waals surface area contributed by atoms with Gasteiger partial charge in [-0.2, -0.15) is 0 Å². The summed E-state index contributed by atoms with van der Waals surface area (Å²) in [4.78, 5) is 28.6. The SMILES string of the molecule is CN1CCC(C(=O)NC[C@H]2Cc3cccc(C(=O)O)c3OB2O)(N(C)C)CC1. The minimum atomic E-state index is -1.17. The molecule has 3 N–H and O–H groups in total. The number of nitrogens with one attached hydrogen (secondary N) is 1. The lowest BCUT2D eigenvalue weighted by Gasteiger charge is -2.44. The van der Waals surface area contributed by atoms with Crippen LogP contribution in [0.25, 0.3) is 0 Å². The Morgan fingerprint density at radius 2 is 2.04 bits per heavy atom. The van der Waals surface area contributed by atoms with Gasteiger partial charge in [0.05, 0.1) is 5.56 Å². The van der Waals surface area contributed by atoms with E-state index in [9.17, 15) is 19.7 Å². The predicted molar refractivity (Wildman–Crippen MR) is 106 cm³/mol. The van der Waals surface area contributed by atoms with Crippen LogP contribution in [0.15, 0.2) is 18.2 Å². The lowest BCUT2D eigenvalue weighted by molar-refractivity contribution is -0.135. The molecule has 152 valence electrons. The third-order valence-electron chi connectivity index (χ3n) is 6.07. The first-order valence-corrected chi connectivity index (χ1v) is 9.59. The summed E-state index contributed by atoms with van der Waals surface area (Å²) >= 11 is 0. The van der Waals surface area contributed by atoms with Crippen LogP contribution in [0.3, 0.4) is 0 Å². The van der Waals surface area contributed by atoms with E-state index in [1.807, 2.05) is 19.0 Å². The second kappa shape index (κ2) is 8.10. The molecule has 0 radical (unpaired) electrons. The predicted octanol–water partition coefficient (Wildman–Crippen LogP) is 0.313. The molecule has 1 aromatic rings. The number of carboxylic acids is 1. The molecule has 8 nitrogen and oxygen atoms in total. The fourth-order valence-corrected chi connectivity index (χ4v) is 4.08. The maximum atomic E-state index is 13.0. The molecular weight excluding hydrogens is 361 g/mol. The molecule has 1 amide bonds. The Morgan fingerprint density at radius 3 is 2.64 bits per heavy atom. The van der Waals surface area contributed by atoms with Crippen molar-refractivity contribution in [1.82, 2.24) is 15.1 Å². The van der Waals surface area contributed by atoms with Crippen LogP contribution in [0, 0.1) is 0 Å². The van der Waals surface area contributed by atoms with E-state index in [2.05, 4.69) is 17.3 Å². The van der Waals surface area contributed by atoms with E-state index in [0.29, 0.717) is 6.42 Å². The lowest BCUT2D eigenvalue weighted by atomic mass is 9.66. The van der Waals surface area contributed by atoms with Gasteiger partial charge >= 0.3 is 13.1 Å². The van der Waals surface area contributed by atoms with E-state index in [0.717, 1.165) is 31.5 Å². The number of benzene rings is 1. The second-order valence-electron chi connectivity index (χ2n) is 8.01. The number of nitrogens with zero attached hydrogens (tertiary/aromatic N) is 2. The van der Waals surface area contributed by atoms with E-state index in [4.69, 9.17) is 4.65 Å². The smallest absolute Gasteiger partial charge is 0.528 e. The van der Waals surface area contributed by atoms with Crippen LogP contribution in [0.4, 0.5) is 0 Å². The molecule has 2 aliphatic heterocycles. The van der Waals surface area contributed by atoms with E-state index < -0.39 is 18.6 Å². The number of aromatic carboxylic acids is 1. The summed E-state index contributed by atoms with van der Waals surface area (Å²) in [6.45, 7) is 1.97. The number of hydrogen-bond donors (Lipinski definition) is 3. The Bertz CT molecular complexity index is 749. The number of fused-ring (bicyclic) bond motifs is 1. The summed E-state index contributed by atoms with van der Waals surface area (Å²) in [5.41, 5.74) is 0.212. The third kappa shape index (κ3) is 3.87. The zero-order valence-corrected chi connectivity index (χ0v) is 16.6. The zero-order chi connectivity index (χ0) is 20.5. The van der Waals surface area contributed by atoms with Crippen LogP contribution < -0.4 is 9.97 Å². The highest BCUT2D eigenvalue weighted by Crippen LogP contribution is 2.34. The van der Waals surface area contributed by atoms with Crippen LogP contribution >= 0.6 is 0 Å². The molecule has 28 heavy (non-hydrogen) atoms. The maximum Gasteiger partial charge on any atom is 0.528 e. The van der Waals surface area contributed by atoms with Crippen molar-refractivity contribution in [2.75, 3.05) is 40.8 Å². The minimum absolute atomic E-state index is 0.0388. The van der Waals surface area contributed by atoms with E-state index in [1.54, 1.807) is 12.1 Å². The van der Waals surface area contributed by atoms with Crippen molar-refractivity contribution >= 4 is 19.0 Å². The molecule has 0 aromatic heterocycles. The number of carbonyl (C=O) groups is 2. The fraction of sp³-hybridized carbons (Fsp3) is 0.579. The van der Waals surface area contributed by atoms with Gasteiger partial charge in [-0.25, -0.2) is 4.79 Å². The number of amides is 1. The number of likely N-dealkylation sites (N-methyl/N-ethyl adjacent to an activating group) is 1. The average Bonchev–Trinajstić information content (AvgIpc) is 2.66. The van der Waals surface area contributed by atoms with Crippen LogP contribution in [0.5, 0.6) is 5.75 Å². The summed E-state index contributed by atoms with van der Waals surface area (Å²) < 4.78 is 5.51. The van der Waals surface area contributed by atoms with Crippen molar-refractivity contribution < 1.29 is 24.4 Å². The van der Waals surface area contributed by atoms with Crippen molar-refractivity contribution in [3.8, 4) is 5.75 Å². The van der Waals surface area contributed by atoms with Gasteiger partial charge in [0, 0.05) is 25.5 Å². The van der Waals surface area contributed by atoms with Crippen LogP contribution in [-0.2, 0) is 11.2 Å². The van der Waals surface area contributed by atoms with E-state index >= 15 is 0 Å². The molecule has 2 aliphatic rings. The van der Waals surface area contributed by atoms with Gasteiger partial charge in [0.2, 0.25) is 5.91 Å². The quantitative estimate of drug-likeness (QED) is 0.623. The molecule has 0 aliphatic carbocycles. The van der Waals surface area contributed by atoms with Gasteiger partial charge in [0.25, 0.3) is 0 Å². The zero-order valence-electron chi connectivity index (χ0n) is 16.6. The fourth-order valence-electron chi connectivity index (χ4n) is 4.08. The summed E-state index contributed by atoms with van der Waals surface area (Å²) in [5, 5.41) is 22.7. The van der Waals surface area contributed by atoms with Crippen LogP contribution in [-0.4, -0.2) is 85.2 Å². The number of likely N-dealkylation sites (tertiary alicyclic amines) is 1. The molecule has 3 rings (SSSR count). The first-order valence-electron chi connectivity index (χ1n) is 9.59. The monoisotopic (exact) mass is 389 g/mol. The van der Waals surface area contributed by atoms with Crippen molar-refractivity contribution in [3.05, 3.63) is 29.3 Å². The summed E-state index contributed by atoms with van der Waals surface area (Å²) in [5.74, 6) is -1.26. The van der Waals surface area contributed by atoms with Gasteiger partial charge in [-0.1, -0.05) is 12.1 Å². The molecule has 2 heterocycles. The third-order valence-corrected chi connectivity index (χ3v) is 6.07. The van der Waals surface area contributed by atoms with Crippen molar-refractivity contribution in [1.29, 1.82) is 0 Å². The summed E-state index contributed by atoms with van der Waals surface area (Å²) in [6, 6.07) is 4.91. The second-order valence-corrected chi connectivity index (χ2v) is 8.01. The Labute approximate surface area is 165 Å². The minimum Gasteiger partial charge on any atom is -0.535 e. The first-order chi connectivity index (χ1) is 13.2. The van der Waals surface area contributed by atoms with Crippen molar-refractivity contribution in [2.24, 2.45) is 0 Å². The van der Waals surface area contributed by atoms with Gasteiger partial charge in [0.1, 0.15) is 11.3 Å². The van der Waals surface area contributed by atoms with Gasteiger partial charge in [-0.05, 0) is 52.0 Å². The number of piperidine rings is 1. The van der Waals surface area contributed by atoms with E-state index in [-0.39, 0.29) is 29.6 Å². The molecule has 0 unspecified atom stereocenters. The molecule has 1 aromatic carbocycles. The largest absolute Gasteiger partial charge is 0.535 e. The number of para-hydroxylation sites is 1. The molecule has 1 fully saturated rings. The summed E-state index contributed by atoms with van der Waals surface area (Å²) in [7, 11) is 4.73. The van der Waals surface area contributed by atoms with Crippen LogP contribution in [0.2, 0.25) is 5.82 Å². The highest BCUT2D eigenvalue weighted by molar-refractivity contribution is 6.46. The van der Waals surface area contributed by atoms with E-state index in [1.165, 1.54) is 6.07 Å². The maximum absolute atomic E-state index is 13.0. The van der Waals surface area contributed by atoms with Gasteiger partial charge < -0.3 is 25.0 Å². The summed E-state index contributed by atoms with van der Waals surface area (Å²) in [6.07, 6.45) is 1.93. The van der Waals surface area contributed by atoms with Gasteiger partial charge in [-0.3, -0.25) is 9.69 Å². The molecule has 0 saturated carbocycles. The number of carboxylic acid groups (broad SMARTS) is 1. The molecule has 1 saturated heterocycles. The Kier molecular flexibility index (Phi) is 5.97. The standard InChI is InChI=1S/C19H28BN3O5/c1-22(2)19(7-9-23(3)10-8-19)18(26)21-12-14-11-13-5-4-6-15(17(24)25)16(13)28-20(14)27/h4-6,14,27H,7-12H2,1-3H3,(H,21,26)(H,24,25)/t14-/m1/s1. The first kappa shape index (κ1) is 20.6. The average molecular weight is 389 g/mol. The van der Waals surface area contributed by atoms with Gasteiger partial charge in [-0.15, -0.1) is 0 Å². The molecule has 0 bridgehead atoms. The Hall–Kier alpha value is -2.10. The van der Waals surface area contributed by atoms with Crippen molar-refractivity contribution in [3.63, 3.8) is 0 Å². The Morgan fingerprint density at radius 1 is 1.36 bits per heavy atom. The molecular formula is C19H28BN3O5. The lowest BCUT2D eigenvalue weighted by Crippen LogP contribution is -2.61. The van der Waals surface area contributed by atoms with Crippen LogP contribution in [0.1, 0.15) is 28.8 Å². The number of rotatable bonds is 5. The normalized spacial score (nSPS) is 21.8. The number of carbonyl (C=O) groups excluding carboxylic acids is 1. The molecule has 9 heteroatoms.